The molecule has 0 aliphatic carbocycles. The lowest BCUT2D eigenvalue weighted by Crippen LogP contribution is -2.49. The van der Waals surface area contributed by atoms with Crippen LogP contribution in [0.1, 0.15) is 38.3 Å². The first kappa shape index (κ1) is 23.7. The summed E-state index contributed by atoms with van der Waals surface area (Å²) in [6.07, 6.45) is 0.952. The maximum Gasteiger partial charge on any atom is 0.242 e. The number of amides is 2. The van der Waals surface area contributed by atoms with Gasteiger partial charge in [0.15, 0.2) is 0 Å². The summed E-state index contributed by atoms with van der Waals surface area (Å²) in [5, 5.41) is 3.80. The largest absolute Gasteiger partial charge is 0.352 e. The molecule has 0 fully saturated rings. The summed E-state index contributed by atoms with van der Waals surface area (Å²) in [7, 11) is 0. The summed E-state index contributed by atoms with van der Waals surface area (Å²) in [6.45, 7) is 6.03. The second kappa shape index (κ2) is 11.0. The molecule has 2 rings (SSSR count). The second-order valence-corrected chi connectivity index (χ2v) is 8.80. The van der Waals surface area contributed by atoms with Gasteiger partial charge < -0.3 is 10.2 Å². The highest BCUT2D eigenvalue weighted by Gasteiger charge is 2.27. The lowest BCUT2D eigenvalue weighted by atomic mass is 10.1. The molecule has 4 nitrogen and oxygen atoms in total. The number of halogens is 3. The van der Waals surface area contributed by atoms with Crippen LogP contribution in [0.5, 0.6) is 0 Å². The fourth-order valence-corrected chi connectivity index (χ4v) is 3.57. The fraction of sp³-hybridized carbons (Fsp3) is 0.364. The van der Waals surface area contributed by atoms with Gasteiger partial charge in [0.25, 0.3) is 0 Å². The summed E-state index contributed by atoms with van der Waals surface area (Å²) in [5.41, 5.74) is 1.68. The number of nitrogens with one attached hydrogen (secondary N) is 1. The first-order valence-corrected chi connectivity index (χ1v) is 11.0. The number of carbonyl (C=O) groups is 2. The highest BCUT2D eigenvalue weighted by Crippen LogP contribution is 2.23. The molecule has 2 atom stereocenters. The van der Waals surface area contributed by atoms with Gasteiger partial charge in [-0.1, -0.05) is 64.3 Å². The molecule has 7 heteroatoms. The molecule has 2 amide bonds. The zero-order valence-corrected chi connectivity index (χ0v) is 19.8. The van der Waals surface area contributed by atoms with Gasteiger partial charge in [-0.2, -0.15) is 0 Å². The highest BCUT2D eigenvalue weighted by molar-refractivity contribution is 9.10. The Kier molecular flexibility index (Phi) is 9.00. The summed E-state index contributed by atoms with van der Waals surface area (Å²) in [6, 6.07) is 12.3. The van der Waals surface area contributed by atoms with Crippen molar-refractivity contribution in [2.24, 2.45) is 0 Å². The molecule has 0 aliphatic heterocycles. The normalized spacial score (nSPS) is 12.9. The lowest BCUT2D eigenvalue weighted by Gasteiger charge is -2.30. The highest BCUT2D eigenvalue weighted by atomic mass is 79.9. The summed E-state index contributed by atoms with van der Waals surface area (Å²) < 4.78 is 0.920. The predicted molar refractivity (Wildman–Crippen MR) is 122 cm³/mol. The third-order valence-electron chi connectivity index (χ3n) is 4.75. The van der Waals surface area contributed by atoms with Crippen LogP contribution < -0.4 is 5.32 Å². The molecular weight excluding hydrogens is 475 g/mol. The minimum absolute atomic E-state index is 0.0443. The van der Waals surface area contributed by atoms with E-state index in [-0.39, 0.29) is 24.3 Å². The number of hydrogen-bond acceptors (Lipinski definition) is 2. The molecule has 0 aromatic heterocycles. The number of carbonyl (C=O) groups excluding carboxylic acids is 2. The molecular formula is C22H25BrCl2N2O2. The molecule has 0 aliphatic rings. The fourth-order valence-electron chi connectivity index (χ4n) is 2.81. The van der Waals surface area contributed by atoms with Crippen molar-refractivity contribution < 1.29 is 9.59 Å². The van der Waals surface area contributed by atoms with E-state index in [0.717, 1.165) is 22.0 Å². The maximum absolute atomic E-state index is 13.2. The van der Waals surface area contributed by atoms with Crippen LogP contribution in [0.25, 0.3) is 0 Å². The lowest BCUT2D eigenvalue weighted by molar-refractivity contribution is -0.140. The third kappa shape index (κ3) is 7.02. The van der Waals surface area contributed by atoms with Crippen LogP contribution >= 0.6 is 39.1 Å². The molecule has 2 aromatic rings. The van der Waals surface area contributed by atoms with Crippen molar-refractivity contribution in [1.29, 1.82) is 0 Å². The van der Waals surface area contributed by atoms with Gasteiger partial charge in [-0.3, -0.25) is 9.59 Å². The Balaban J connectivity index is 2.25. The average Bonchev–Trinajstić information content (AvgIpc) is 2.68. The van der Waals surface area contributed by atoms with Crippen LogP contribution in [0.15, 0.2) is 46.9 Å². The van der Waals surface area contributed by atoms with E-state index in [2.05, 4.69) is 21.2 Å². The molecule has 156 valence electrons. The van der Waals surface area contributed by atoms with Crippen molar-refractivity contribution in [3.05, 3.63) is 68.1 Å². The van der Waals surface area contributed by atoms with Gasteiger partial charge in [-0.25, -0.2) is 0 Å². The first-order valence-electron chi connectivity index (χ1n) is 9.49. The monoisotopic (exact) mass is 498 g/mol. The van der Waals surface area contributed by atoms with Crippen molar-refractivity contribution in [2.45, 2.75) is 52.2 Å². The number of nitrogens with zero attached hydrogens (tertiary/aromatic N) is 1. The van der Waals surface area contributed by atoms with Crippen LogP contribution in [0, 0.1) is 0 Å². The topological polar surface area (TPSA) is 49.4 Å². The smallest absolute Gasteiger partial charge is 0.242 e. The van der Waals surface area contributed by atoms with E-state index in [4.69, 9.17) is 23.2 Å². The molecule has 2 aromatic carbocycles. The van der Waals surface area contributed by atoms with Crippen LogP contribution in [0.4, 0.5) is 0 Å². The van der Waals surface area contributed by atoms with E-state index >= 15 is 0 Å². The standard InChI is InChI=1S/C22H25BrCl2N2O2/c1-4-14(2)26-22(29)15(3)27(13-17-6-5-7-18(23)10-17)21(28)12-16-8-9-19(24)20(25)11-16/h5-11,14-15H,4,12-13H2,1-3H3,(H,26,29)/t14-,15-/m1/s1. The van der Waals surface area contributed by atoms with Gasteiger partial charge in [0.2, 0.25) is 11.8 Å². The van der Waals surface area contributed by atoms with Crippen molar-refractivity contribution in [3.63, 3.8) is 0 Å². The van der Waals surface area contributed by atoms with Gasteiger partial charge in [0.05, 0.1) is 16.5 Å². The van der Waals surface area contributed by atoms with E-state index in [9.17, 15) is 9.59 Å². The molecule has 29 heavy (non-hydrogen) atoms. The Morgan fingerprint density at radius 3 is 2.41 bits per heavy atom. The van der Waals surface area contributed by atoms with Crippen molar-refractivity contribution in [1.82, 2.24) is 10.2 Å². The van der Waals surface area contributed by atoms with E-state index < -0.39 is 6.04 Å². The van der Waals surface area contributed by atoms with Crippen LogP contribution in [-0.4, -0.2) is 28.8 Å². The first-order chi connectivity index (χ1) is 13.7. The van der Waals surface area contributed by atoms with E-state index in [1.54, 1.807) is 30.0 Å². The van der Waals surface area contributed by atoms with Crippen molar-refractivity contribution in [3.8, 4) is 0 Å². The Hall–Kier alpha value is -1.56. The Bertz CT molecular complexity index is 876. The average molecular weight is 500 g/mol. The van der Waals surface area contributed by atoms with E-state index in [1.807, 2.05) is 38.1 Å². The van der Waals surface area contributed by atoms with Crippen molar-refractivity contribution in [2.75, 3.05) is 0 Å². The zero-order valence-electron chi connectivity index (χ0n) is 16.7. The minimum atomic E-state index is -0.613. The molecule has 0 unspecified atom stereocenters. The van der Waals surface area contributed by atoms with Gasteiger partial charge in [-0.15, -0.1) is 0 Å². The van der Waals surface area contributed by atoms with Gasteiger partial charge in [0.1, 0.15) is 6.04 Å². The van der Waals surface area contributed by atoms with Crippen LogP contribution in [0.2, 0.25) is 10.0 Å². The van der Waals surface area contributed by atoms with Gasteiger partial charge in [0, 0.05) is 17.1 Å². The molecule has 1 N–H and O–H groups in total. The summed E-state index contributed by atoms with van der Waals surface area (Å²) in [5.74, 6) is -0.327. The van der Waals surface area contributed by atoms with Gasteiger partial charge in [-0.05, 0) is 55.7 Å². The van der Waals surface area contributed by atoms with E-state index in [1.165, 1.54) is 0 Å². The van der Waals surface area contributed by atoms with Crippen LogP contribution in [0.3, 0.4) is 0 Å². The zero-order chi connectivity index (χ0) is 21.6. The predicted octanol–water partition coefficient (Wildman–Crippen LogP) is 5.63. The molecule has 0 bridgehead atoms. The summed E-state index contributed by atoms with van der Waals surface area (Å²) >= 11 is 15.5. The third-order valence-corrected chi connectivity index (χ3v) is 5.98. The Labute approximate surface area is 190 Å². The Morgan fingerprint density at radius 1 is 1.07 bits per heavy atom. The molecule has 0 saturated carbocycles. The molecule has 0 spiro atoms. The number of rotatable bonds is 8. The van der Waals surface area contributed by atoms with Gasteiger partial charge >= 0.3 is 0 Å². The SMILES string of the molecule is CC[C@@H](C)NC(=O)[C@@H](C)N(Cc1cccc(Br)c1)C(=O)Cc1ccc(Cl)c(Cl)c1. The maximum atomic E-state index is 13.2. The number of benzene rings is 2. The Morgan fingerprint density at radius 2 is 1.79 bits per heavy atom. The molecule has 0 saturated heterocycles. The minimum Gasteiger partial charge on any atom is -0.352 e. The second-order valence-electron chi connectivity index (χ2n) is 7.07. The molecule has 0 radical (unpaired) electrons. The van der Waals surface area contributed by atoms with Crippen LogP contribution in [-0.2, 0) is 22.6 Å². The van der Waals surface area contributed by atoms with E-state index in [0.29, 0.717) is 16.6 Å². The quantitative estimate of drug-likeness (QED) is 0.511. The molecule has 0 heterocycles. The van der Waals surface area contributed by atoms with Crippen molar-refractivity contribution >= 4 is 50.9 Å². The number of hydrogen-bond donors (Lipinski definition) is 1. The summed E-state index contributed by atoms with van der Waals surface area (Å²) in [4.78, 5) is 27.5.